The van der Waals surface area contributed by atoms with Crippen molar-refractivity contribution in [3.63, 3.8) is 0 Å². The minimum atomic E-state index is -0.875. The molecule has 4 amide bonds. The van der Waals surface area contributed by atoms with Crippen molar-refractivity contribution in [1.82, 2.24) is 30.8 Å². The molecule has 4 rings (SSSR count). The molecule has 0 fully saturated rings. The van der Waals surface area contributed by atoms with Crippen molar-refractivity contribution in [3.05, 3.63) is 104 Å². The van der Waals surface area contributed by atoms with E-state index in [1.807, 2.05) is 66.0 Å². The van der Waals surface area contributed by atoms with Crippen LogP contribution in [0.1, 0.15) is 92.9 Å². The number of Topliss-reactive ketones (excluding diaryl/α,β-unsaturated/α-hetero) is 1. The Morgan fingerprint density at radius 3 is 2.14 bits per heavy atom. The van der Waals surface area contributed by atoms with Crippen LogP contribution in [-0.2, 0) is 40.3 Å². The van der Waals surface area contributed by atoms with Gasteiger partial charge in [0.2, 0.25) is 0 Å². The first-order valence-electron chi connectivity index (χ1n) is 19.1. The SMILES string of the molecule is CC(C)c1nc(CN(C)C(=O)N[C@@H](CCNC(=O)OC(C)(C)C)C(=O)C[C@H](CC[C@H](Cc2ccccc2)NC(=O)OCc2cncs2)Cc2ccccc2)cs1. The lowest BCUT2D eigenvalue weighted by Gasteiger charge is -2.26. The van der Waals surface area contributed by atoms with Crippen molar-refractivity contribution >= 4 is 46.7 Å². The summed E-state index contributed by atoms with van der Waals surface area (Å²) in [5, 5.41) is 11.7. The summed E-state index contributed by atoms with van der Waals surface area (Å²) >= 11 is 2.98. The van der Waals surface area contributed by atoms with E-state index in [2.05, 4.69) is 39.8 Å². The molecule has 2 heterocycles. The first-order chi connectivity index (χ1) is 26.7. The summed E-state index contributed by atoms with van der Waals surface area (Å²) in [4.78, 5) is 64.3. The number of nitrogens with one attached hydrogen (secondary N) is 3. The third kappa shape index (κ3) is 16.1. The molecule has 3 atom stereocenters. The predicted molar refractivity (Wildman–Crippen MR) is 221 cm³/mol. The van der Waals surface area contributed by atoms with Crippen LogP contribution in [-0.4, -0.2) is 70.1 Å². The standard InChI is InChI=1S/C42H56N6O6S2/c1-29(2)38-45-34(27-55-38)25-48(6)39(50)47-36(19-20-44-40(51)54-42(3,4)5)37(49)23-32(21-30-13-9-7-10-14-30)17-18-33(22-31-15-11-8-12-16-31)46-41(52)53-26-35-24-43-28-56-35/h7-16,24,27-29,32-33,36H,17-23,25-26H2,1-6H3,(H,44,51)(H,46,52)(H,47,50)/t32-,33-,36+/m1/s1. The van der Waals surface area contributed by atoms with Gasteiger partial charge < -0.3 is 30.3 Å². The molecule has 302 valence electrons. The van der Waals surface area contributed by atoms with Gasteiger partial charge in [0, 0.05) is 43.5 Å². The Morgan fingerprint density at radius 2 is 1.54 bits per heavy atom. The van der Waals surface area contributed by atoms with E-state index in [0.29, 0.717) is 25.7 Å². The zero-order chi connectivity index (χ0) is 40.5. The van der Waals surface area contributed by atoms with Gasteiger partial charge in [-0.1, -0.05) is 74.5 Å². The average Bonchev–Trinajstić information content (AvgIpc) is 3.85. The number of benzene rings is 2. The molecule has 0 aliphatic carbocycles. The Labute approximate surface area is 338 Å². The van der Waals surface area contributed by atoms with Gasteiger partial charge in [-0.15, -0.1) is 22.7 Å². The van der Waals surface area contributed by atoms with Crippen LogP contribution in [0.5, 0.6) is 0 Å². The van der Waals surface area contributed by atoms with Crippen LogP contribution in [0.4, 0.5) is 14.4 Å². The highest BCUT2D eigenvalue weighted by molar-refractivity contribution is 7.09. The number of thiazole rings is 2. The highest BCUT2D eigenvalue weighted by Crippen LogP contribution is 2.23. The van der Waals surface area contributed by atoms with Gasteiger partial charge in [-0.25, -0.2) is 19.4 Å². The minimum Gasteiger partial charge on any atom is -0.444 e. The fourth-order valence-electron chi connectivity index (χ4n) is 6.05. The van der Waals surface area contributed by atoms with Crippen molar-refractivity contribution in [2.24, 2.45) is 5.92 Å². The number of ketones is 1. The summed E-state index contributed by atoms with van der Waals surface area (Å²) in [6.07, 6.45) is 3.32. The molecule has 3 N–H and O–H groups in total. The zero-order valence-corrected chi connectivity index (χ0v) is 34.9. The predicted octanol–water partition coefficient (Wildman–Crippen LogP) is 8.28. The molecule has 56 heavy (non-hydrogen) atoms. The van der Waals surface area contributed by atoms with Gasteiger partial charge in [0.25, 0.3) is 0 Å². The second-order valence-electron chi connectivity index (χ2n) is 15.3. The molecular weight excluding hydrogens is 749 g/mol. The van der Waals surface area contributed by atoms with Gasteiger partial charge in [0.1, 0.15) is 12.2 Å². The third-order valence-electron chi connectivity index (χ3n) is 8.85. The van der Waals surface area contributed by atoms with Crippen molar-refractivity contribution in [2.45, 2.75) is 110 Å². The molecular formula is C42H56N6O6S2. The van der Waals surface area contributed by atoms with E-state index in [9.17, 15) is 19.2 Å². The number of hydrogen-bond acceptors (Lipinski definition) is 10. The second kappa shape index (κ2) is 22.1. The Morgan fingerprint density at radius 1 is 0.857 bits per heavy atom. The van der Waals surface area contributed by atoms with Gasteiger partial charge in [-0.3, -0.25) is 9.78 Å². The first-order valence-corrected chi connectivity index (χ1v) is 20.8. The number of amides is 4. The first kappa shape index (κ1) is 43.9. The maximum Gasteiger partial charge on any atom is 0.407 e. The Bertz CT molecular complexity index is 1800. The number of nitrogens with zero attached hydrogens (tertiary/aromatic N) is 3. The molecule has 0 radical (unpaired) electrons. The van der Waals surface area contributed by atoms with Crippen molar-refractivity contribution < 1.29 is 28.7 Å². The summed E-state index contributed by atoms with van der Waals surface area (Å²) in [5.74, 6) is 0.0214. The Hall–Kier alpha value is -4.82. The lowest BCUT2D eigenvalue weighted by molar-refractivity contribution is -0.122. The van der Waals surface area contributed by atoms with Gasteiger partial charge in [0.15, 0.2) is 5.78 Å². The van der Waals surface area contributed by atoms with Crippen LogP contribution in [0.2, 0.25) is 0 Å². The van der Waals surface area contributed by atoms with E-state index in [0.717, 1.165) is 26.7 Å². The topological polar surface area (TPSA) is 152 Å². The van der Waals surface area contributed by atoms with Crippen LogP contribution in [0.25, 0.3) is 0 Å². The van der Waals surface area contributed by atoms with Gasteiger partial charge in [0.05, 0.1) is 33.7 Å². The molecule has 0 saturated heterocycles. The quantitative estimate of drug-likeness (QED) is 0.0808. The van der Waals surface area contributed by atoms with E-state index in [1.165, 1.54) is 16.2 Å². The highest BCUT2D eigenvalue weighted by atomic mass is 32.1. The Balaban J connectivity index is 1.49. The summed E-state index contributed by atoms with van der Waals surface area (Å²) in [6.45, 7) is 10.0. The molecule has 0 aliphatic rings. The van der Waals surface area contributed by atoms with E-state index in [4.69, 9.17) is 9.47 Å². The summed E-state index contributed by atoms with van der Waals surface area (Å²) in [7, 11) is 1.67. The number of carbonyl (C=O) groups is 4. The number of rotatable bonds is 20. The molecule has 0 bridgehead atoms. The number of carbonyl (C=O) groups excluding carboxylic acids is 4. The number of aromatic nitrogens is 2. The zero-order valence-electron chi connectivity index (χ0n) is 33.3. The lowest BCUT2D eigenvalue weighted by atomic mass is 9.86. The van der Waals surface area contributed by atoms with Crippen LogP contribution in [0.15, 0.2) is 77.8 Å². The lowest BCUT2D eigenvalue weighted by Crippen LogP contribution is -2.48. The molecule has 0 aliphatic heterocycles. The van der Waals surface area contributed by atoms with Crippen molar-refractivity contribution in [2.75, 3.05) is 13.6 Å². The molecule has 2 aromatic carbocycles. The molecule has 2 aromatic heterocycles. The maximum atomic E-state index is 14.3. The van der Waals surface area contributed by atoms with E-state index >= 15 is 0 Å². The normalized spacial score (nSPS) is 13.0. The van der Waals surface area contributed by atoms with E-state index in [-0.39, 0.29) is 56.2 Å². The number of hydrogen-bond donors (Lipinski definition) is 3. The van der Waals surface area contributed by atoms with Crippen LogP contribution >= 0.6 is 22.7 Å². The minimum absolute atomic E-state index is 0.112. The molecule has 0 unspecified atom stereocenters. The molecule has 12 nitrogen and oxygen atoms in total. The molecule has 0 spiro atoms. The van der Waals surface area contributed by atoms with Crippen LogP contribution in [0.3, 0.4) is 0 Å². The average molecular weight is 805 g/mol. The molecule has 14 heteroatoms. The fourth-order valence-corrected chi connectivity index (χ4v) is 7.38. The monoisotopic (exact) mass is 804 g/mol. The second-order valence-corrected chi connectivity index (χ2v) is 17.1. The van der Waals surface area contributed by atoms with Crippen molar-refractivity contribution in [1.29, 1.82) is 0 Å². The van der Waals surface area contributed by atoms with Crippen LogP contribution < -0.4 is 16.0 Å². The summed E-state index contributed by atoms with van der Waals surface area (Å²) in [5.41, 5.74) is 3.94. The Kier molecular flexibility index (Phi) is 17.3. The smallest absolute Gasteiger partial charge is 0.407 e. The number of ether oxygens (including phenoxy) is 2. The summed E-state index contributed by atoms with van der Waals surface area (Å²) in [6, 6.07) is 18.4. The number of alkyl carbamates (subject to hydrolysis) is 2. The van der Waals surface area contributed by atoms with Crippen LogP contribution in [0, 0.1) is 5.92 Å². The largest absolute Gasteiger partial charge is 0.444 e. The van der Waals surface area contributed by atoms with Gasteiger partial charge >= 0.3 is 18.2 Å². The highest BCUT2D eigenvalue weighted by Gasteiger charge is 2.27. The maximum absolute atomic E-state index is 14.3. The third-order valence-corrected chi connectivity index (χ3v) is 10.8. The molecule has 4 aromatic rings. The molecule has 0 saturated carbocycles. The summed E-state index contributed by atoms with van der Waals surface area (Å²) < 4.78 is 10.9. The van der Waals surface area contributed by atoms with E-state index < -0.39 is 29.9 Å². The number of urea groups is 1. The fraction of sp³-hybridized carbons (Fsp3) is 0.476. The van der Waals surface area contributed by atoms with Crippen molar-refractivity contribution in [3.8, 4) is 0 Å². The van der Waals surface area contributed by atoms with Gasteiger partial charge in [-0.05, 0) is 69.9 Å². The van der Waals surface area contributed by atoms with E-state index in [1.54, 1.807) is 50.9 Å². The van der Waals surface area contributed by atoms with Gasteiger partial charge in [-0.2, -0.15) is 0 Å².